The van der Waals surface area contributed by atoms with E-state index in [2.05, 4.69) is 11.4 Å². The minimum absolute atomic E-state index is 0.119. The molecule has 1 N–H and O–H groups in total. The number of rotatable bonds is 7. The second-order valence-corrected chi connectivity index (χ2v) is 6.16. The number of methoxy groups -OCH3 is 1. The molecule has 2 heterocycles. The molecule has 0 aliphatic rings. The van der Waals surface area contributed by atoms with E-state index in [0.717, 1.165) is 6.42 Å². The average molecular weight is 335 g/mol. The van der Waals surface area contributed by atoms with Gasteiger partial charge >= 0.3 is 6.03 Å². The summed E-state index contributed by atoms with van der Waals surface area (Å²) in [4.78, 5) is 26.8. The van der Waals surface area contributed by atoms with Crippen LogP contribution in [0.2, 0.25) is 0 Å². The lowest BCUT2D eigenvalue weighted by Gasteiger charge is -2.18. The van der Waals surface area contributed by atoms with Gasteiger partial charge in [0.2, 0.25) is 0 Å². The van der Waals surface area contributed by atoms with Crippen LogP contribution in [0.1, 0.15) is 4.88 Å². The van der Waals surface area contributed by atoms with Gasteiger partial charge in [-0.3, -0.25) is 4.79 Å². The molecular formula is C16H21N3O3S. The number of aromatic nitrogens is 1. The number of nitrogens with zero attached hydrogens (tertiary/aromatic N) is 2. The summed E-state index contributed by atoms with van der Waals surface area (Å²) in [5, 5.41) is 4.83. The Morgan fingerprint density at radius 1 is 1.39 bits per heavy atom. The van der Waals surface area contributed by atoms with E-state index < -0.39 is 0 Å². The van der Waals surface area contributed by atoms with Gasteiger partial charge in [0.15, 0.2) is 0 Å². The van der Waals surface area contributed by atoms with Gasteiger partial charge in [-0.15, -0.1) is 11.3 Å². The summed E-state index contributed by atoms with van der Waals surface area (Å²) in [6, 6.07) is 6.91. The molecule has 7 heteroatoms. The molecule has 0 radical (unpaired) electrons. The molecule has 2 rings (SSSR count). The number of nitrogens with one attached hydrogen (secondary N) is 1. The first kappa shape index (κ1) is 17.2. The largest absolute Gasteiger partial charge is 0.383 e. The summed E-state index contributed by atoms with van der Waals surface area (Å²) in [7, 11) is 3.34. The van der Waals surface area contributed by atoms with Gasteiger partial charge in [-0.2, -0.15) is 0 Å². The number of thiophene rings is 1. The van der Waals surface area contributed by atoms with Crippen LogP contribution >= 0.6 is 11.3 Å². The number of carbonyl (C=O) groups excluding carboxylic acids is 1. The number of pyridine rings is 1. The zero-order chi connectivity index (χ0) is 16.7. The number of anilines is 1. The second kappa shape index (κ2) is 8.50. The molecule has 0 unspecified atom stereocenters. The highest BCUT2D eigenvalue weighted by molar-refractivity contribution is 7.09. The minimum atomic E-state index is -0.196. The number of hydrogen-bond acceptors (Lipinski definition) is 4. The van der Waals surface area contributed by atoms with Crippen molar-refractivity contribution in [2.45, 2.75) is 13.0 Å². The number of amides is 2. The van der Waals surface area contributed by atoms with Crippen LogP contribution in [0.4, 0.5) is 10.5 Å². The van der Waals surface area contributed by atoms with Crippen molar-refractivity contribution >= 4 is 23.1 Å². The Balaban J connectivity index is 1.92. The lowest BCUT2D eigenvalue weighted by Crippen LogP contribution is -2.33. The zero-order valence-corrected chi connectivity index (χ0v) is 14.1. The standard InChI is InChI=1S/C16H21N3O3S/c1-18(8-7-14-4-3-11-23-14)16(21)17-13-5-6-15(20)19(12-13)9-10-22-2/h3-6,11-12H,7-10H2,1-2H3,(H,17,21). The highest BCUT2D eigenvalue weighted by Gasteiger charge is 2.10. The third-order valence-corrected chi connectivity index (χ3v) is 4.33. The molecule has 0 aromatic carbocycles. The van der Waals surface area contributed by atoms with Crippen molar-refractivity contribution in [3.05, 3.63) is 51.1 Å². The average Bonchev–Trinajstić information content (AvgIpc) is 3.06. The quantitative estimate of drug-likeness (QED) is 0.844. The third-order valence-electron chi connectivity index (χ3n) is 3.39. The molecule has 2 aromatic heterocycles. The predicted molar refractivity (Wildman–Crippen MR) is 92.2 cm³/mol. The Morgan fingerprint density at radius 3 is 2.91 bits per heavy atom. The first-order valence-corrected chi connectivity index (χ1v) is 8.22. The van der Waals surface area contributed by atoms with Crippen molar-refractivity contribution in [3.8, 4) is 0 Å². The van der Waals surface area contributed by atoms with E-state index in [-0.39, 0.29) is 11.6 Å². The highest BCUT2D eigenvalue weighted by atomic mass is 32.1. The number of hydrogen-bond donors (Lipinski definition) is 1. The van der Waals surface area contributed by atoms with E-state index in [1.165, 1.54) is 15.5 Å². The van der Waals surface area contributed by atoms with Gasteiger partial charge in [0.05, 0.1) is 12.3 Å². The molecule has 124 valence electrons. The van der Waals surface area contributed by atoms with Crippen molar-refractivity contribution in [1.82, 2.24) is 9.47 Å². The number of carbonyl (C=O) groups is 1. The Morgan fingerprint density at radius 2 is 2.22 bits per heavy atom. The molecule has 0 aliphatic carbocycles. The maximum absolute atomic E-state index is 12.2. The molecule has 0 saturated heterocycles. The zero-order valence-electron chi connectivity index (χ0n) is 13.3. The van der Waals surface area contributed by atoms with Crippen molar-refractivity contribution in [2.75, 3.05) is 32.6 Å². The molecule has 0 aliphatic heterocycles. The second-order valence-electron chi connectivity index (χ2n) is 5.12. The van der Waals surface area contributed by atoms with Gasteiger partial charge in [-0.05, 0) is 23.9 Å². The summed E-state index contributed by atoms with van der Waals surface area (Å²) < 4.78 is 6.49. The molecule has 6 nitrogen and oxygen atoms in total. The normalized spacial score (nSPS) is 10.5. The van der Waals surface area contributed by atoms with Crippen LogP contribution in [0.5, 0.6) is 0 Å². The van der Waals surface area contributed by atoms with E-state index in [1.807, 2.05) is 11.4 Å². The fraction of sp³-hybridized carbons (Fsp3) is 0.375. The van der Waals surface area contributed by atoms with E-state index in [9.17, 15) is 9.59 Å². The Labute approximate surface area is 139 Å². The molecular weight excluding hydrogens is 314 g/mol. The number of likely N-dealkylation sites (N-methyl/N-ethyl adjacent to an activating group) is 1. The summed E-state index contributed by atoms with van der Waals surface area (Å²) in [6.07, 6.45) is 2.46. The van der Waals surface area contributed by atoms with Crippen molar-refractivity contribution in [1.29, 1.82) is 0 Å². The monoisotopic (exact) mass is 335 g/mol. The van der Waals surface area contributed by atoms with Crippen LogP contribution in [0.3, 0.4) is 0 Å². The lowest BCUT2D eigenvalue weighted by molar-refractivity contribution is 0.186. The van der Waals surface area contributed by atoms with Gasteiger partial charge in [-0.25, -0.2) is 4.79 Å². The van der Waals surface area contributed by atoms with Gasteiger partial charge in [0.25, 0.3) is 5.56 Å². The van der Waals surface area contributed by atoms with Crippen molar-refractivity contribution < 1.29 is 9.53 Å². The Kier molecular flexibility index (Phi) is 6.37. The molecule has 2 amide bonds. The maximum Gasteiger partial charge on any atom is 0.321 e. The number of urea groups is 1. The summed E-state index contributed by atoms with van der Waals surface area (Å²) in [5.41, 5.74) is 0.472. The number of ether oxygens (including phenoxy) is 1. The van der Waals surface area contributed by atoms with Crippen LogP contribution < -0.4 is 10.9 Å². The van der Waals surface area contributed by atoms with Gasteiger partial charge in [0.1, 0.15) is 0 Å². The first-order chi connectivity index (χ1) is 11.1. The van der Waals surface area contributed by atoms with Crippen LogP contribution in [0, 0.1) is 0 Å². The van der Waals surface area contributed by atoms with Crippen LogP contribution in [0.25, 0.3) is 0 Å². The SMILES string of the molecule is COCCn1cc(NC(=O)N(C)CCc2cccs2)ccc1=O. The Bertz CT molecular complexity index is 682. The fourth-order valence-corrected chi connectivity index (χ4v) is 2.72. The van der Waals surface area contributed by atoms with Crippen molar-refractivity contribution in [3.63, 3.8) is 0 Å². The molecule has 0 spiro atoms. The fourth-order valence-electron chi connectivity index (χ4n) is 2.02. The van der Waals surface area contributed by atoms with E-state index in [1.54, 1.807) is 42.7 Å². The summed E-state index contributed by atoms with van der Waals surface area (Å²) in [5.74, 6) is 0. The molecule has 0 fully saturated rings. The lowest BCUT2D eigenvalue weighted by atomic mass is 10.3. The van der Waals surface area contributed by atoms with Gasteiger partial charge in [0, 0.05) is 44.4 Å². The highest BCUT2D eigenvalue weighted by Crippen LogP contribution is 2.10. The predicted octanol–water partition coefficient (Wildman–Crippen LogP) is 2.26. The van der Waals surface area contributed by atoms with Gasteiger partial charge in [-0.1, -0.05) is 6.07 Å². The molecule has 0 atom stereocenters. The van der Waals surface area contributed by atoms with Crippen LogP contribution in [-0.2, 0) is 17.7 Å². The third kappa shape index (κ3) is 5.22. The smallest absolute Gasteiger partial charge is 0.321 e. The maximum atomic E-state index is 12.2. The van der Waals surface area contributed by atoms with E-state index >= 15 is 0 Å². The summed E-state index contributed by atoms with van der Waals surface area (Å²) in [6.45, 7) is 1.53. The van der Waals surface area contributed by atoms with E-state index in [0.29, 0.717) is 25.4 Å². The first-order valence-electron chi connectivity index (χ1n) is 7.34. The molecule has 0 saturated carbocycles. The van der Waals surface area contributed by atoms with Gasteiger partial charge < -0.3 is 19.5 Å². The molecule has 2 aromatic rings. The van der Waals surface area contributed by atoms with Crippen LogP contribution in [-0.4, -0.2) is 42.8 Å². The molecule has 23 heavy (non-hydrogen) atoms. The molecule has 0 bridgehead atoms. The Hall–Kier alpha value is -2.12. The van der Waals surface area contributed by atoms with E-state index in [4.69, 9.17) is 4.74 Å². The minimum Gasteiger partial charge on any atom is -0.383 e. The summed E-state index contributed by atoms with van der Waals surface area (Å²) >= 11 is 1.68. The van der Waals surface area contributed by atoms with Crippen molar-refractivity contribution in [2.24, 2.45) is 0 Å². The topological polar surface area (TPSA) is 63.6 Å². The van der Waals surface area contributed by atoms with Crippen LogP contribution in [0.15, 0.2) is 40.6 Å².